The fraction of sp³-hybridized carbons (Fsp3) is 0.600. The largest absolute Gasteiger partial charge is 0.349 e. The van der Waals surface area contributed by atoms with E-state index in [9.17, 15) is 28.0 Å². The molecule has 3 atom stereocenters. The monoisotopic (exact) mass is 408 g/mol. The van der Waals surface area contributed by atoms with Gasteiger partial charge in [-0.15, -0.1) is 0 Å². The summed E-state index contributed by atoms with van der Waals surface area (Å²) < 4.78 is 35.5. The van der Waals surface area contributed by atoms with Gasteiger partial charge in [-0.25, -0.2) is 23.2 Å². The first-order chi connectivity index (χ1) is 13.0. The average Bonchev–Trinajstić information content (AvgIpc) is 2.55. The molecule has 0 radical (unpaired) electrons. The summed E-state index contributed by atoms with van der Waals surface area (Å²) in [6.45, 7) is 2.63. The Morgan fingerprint density at radius 3 is 2.54 bits per heavy atom. The molecule has 2 rings (SSSR count). The highest BCUT2D eigenvalue weighted by molar-refractivity contribution is 5.65. The molecule has 11 nitrogen and oxygen atoms in total. The molecule has 1 aliphatic rings. The number of nitrogens with one attached hydrogen (secondary N) is 1. The molecule has 0 spiro atoms. The van der Waals surface area contributed by atoms with Gasteiger partial charge in [0.25, 0.3) is 11.5 Å². The van der Waals surface area contributed by atoms with Crippen LogP contribution in [0.4, 0.5) is 8.78 Å². The molecule has 156 valence electrons. The Morgan fingerprint density at radius 2 is 1.93 bits per heavy atom. The van der Waals surface area contributed by atoms with Crippen molar-refractivity contribution in [2.24, 2.45) is 0 Å². The normalized spacial score (nSPS) is 23.8. The summed E-state index contributed by atoms with van der Waals surface area (Å²) in [6, 6.07) is 0. The van der Waals surface area contributed by atoms with Crippen molar-refractivity contribution in [2.45, 2.75) is 51.6 Å². The molecule has 0 unspecified atom stereocenters. The highest BCUT2D eigenvalue weighted by Crippen LogP contribution is 2.40. The van der Waals surface area contributed by atoms with Crippen LogP contribution in [0.3, 0.4) is 0 Å². The van der Waals surface area contributed by atoms with Crippen molar-refractivity contribution >= 4 is 11.9 Å². The number of aryl methyl sites for hydroxylation is 1. The summed E-state index contributed by atoms with van der Waals surface area (Å²) in [5, 5.41) is 0. The van der Waals surface area contributed by atoms with Gasteiger partial charge in [0.05, 0.1) is 6.42 Å². The fourth-order valence-electron chi connectivity index (χ4n) is 2.47. The quantitative estimate of drug-likeness (QED) is 0.514. The first-order valence-electron chi connectivity index (χ1n) is 8.00. The number of aromatic amines is 1. The van der Waals surface area contributed by atoms with Crippen molar-refractivity contribution in [1.29, 1.82) is 0 Å². The predicted molar refractivity (Wildman–Crippen MR) is 83.9 cm³/mol. The maximum absolute atomic E-state index is 14.7. The number of carbonyl (C=O) groups is 2. The lowest BCUT2D eigenvalue weighted by Gasteiger charge is -2.39. The molecule has 1 fully saturated rings. The van der Waals surface area contributed by atoms with Crippen molar-refractivity contribution in [3.05, 3.63) is 32.6 Å². The zero-order valence-corrected chi connectivity index (χ0v) is 15.1. The Morgan fingerprint density at radius 1 is 1.29 bits per heavy atom. The molecule has 0 saturated carbocycles. The molecular weight excluding hydrogens is 390 g/mol. The van der Waals surface area contributed by atoms with E-state index in [0.29, 0.717) is 0 Å². The number of alkyl halides is 2. The molecular formula is C15H18F2N2O9. The van der Waals surface area contributed by atoms with Crippen LogP contribution in [0.25, 0.3) is 0 Å². The summed E-state index contributed by atoms with van der Waals surface area (Å²) in [4.78, 5) is 64.6. The Kier molecular flexibility index (Phi) is 6.64. The third-order valence-corrected chi connectivity index (χ3v) is 3.67. The van der Waals surface area contributed by atoms with Crippen LogP contribution in [-0.4, -0.2) is 46.2 Å². The molecule has 28 heavy (non-hydrogen) atoms. The molecule has 0 bridgehead atoms. The van der Waals surface area contributed by atoms with Gasteiger partial charge >= 0.3 is 17.6 Å². The smallest absolute Gasteiger partial charge is 0.339 e. The first kappa shape index (κ1) is 21.7. The molecule has 13 heteroatoms. The summed E-state index contributed by atoms with van der Waals surface area (Å²) in [5.74, 6) is -5.47. The lowest BCUT2D eigenvalue weighted by molar-refractivity contribution is -0.388. The summed E-state index contributed by atoms with van der Waals surface area (Å²) in [6.07, 6.45) is -5.19. The van der Waals surface area contributed by atoms with Crippen LogP contribution in [0, 0.1) is 6.92 Å². The van der Waals surface area contributed by atoms with Crippen LogP contribution in [-0.2, 0) is 33.9 Å². The van der Waals surface area contributed by atoms with Gasteiger partial charge in [0.1, 0.15) is 18.9 Å². The zero-order valence-electron chi connectivity index (χ0n) is 15.1. The van der Waals surface area contributed by atoms with E-state index in [-0.39, 0.29) is 5.56 Å². The Labute approximate surface area is 155 Å². The minimum atomic E-state index is -3.65. The van der Waals surface area contributed by atoms with E-state index in [2.05, 4.69) is 19.6 Å². The van der Waals surface area contributed by atoms with Crippen LogP contribution in [0.2, 0.25) is 0 Å². The number of ether oxygens (including phenoxy) is 1. The van der Waals surface area contributed by atoms with E-state index in [1.165, 1.54) is 6.92 Å². The van der Waals surface area contributed by atoms with E-state index in [0.717, 1.165) is 24.6 Å². The van der Waals surface area contributed by atoms with Crippen molar-refractivity contribution in [1.82, 2.24) is 9.55 Å². The number of aromatic nitrogens is 2. The number of hydrogen-bond donors (Lipinski definition) is 1. The second-order valence-electron chi connectivity index (χ2n) is 6.02. The van der Waals surface area contributed by atoms with E-state index >= 15 is 0 Å². The fourth-order valence-corrected chi connectivity index (χ4v) is 2.47. The highest BCUT2D eigenvalue weighted by Gasteiger charge is 2.55. The van der Waals surface area contributed by atoms with Gasteiger partial charge < -0.3 is 4.74 Å². The van der Waals surface area contributed by atoms with Crippen molar-refractivity contribution in [3.63, 3.8) is 0 Å². The third-order valence-electron chi connectivity index (χ3n) is 3.67. The minimum absolute atomic E-state index is 0.0949. The van der Waals surface area contributed by atoms with E-state index in [1.807, 2.05) is 4.98 Å². The SMILES string of the molecule is CC(=O)OOC[C@H]1O[C@@H](n2cc(C)c(=O)[nH]c2=O)CC(F)(F)[C@@H]1OOC(C)=O. The average molecular weight is 408 g/mol. The van der Waals surface area contributed by atoms with Gasteiger partial charge in [0.15, 0.2) is 6.10 Å². The summed E-state index contributed by atoms with van der Waals surface area (Å²) in [7, 11) is 0. The van der Waals surface area contributed by atoms with Gasteiger partial charge in [-0.05, 0) is 6.92 Å². The summed E-state index contributed by atoms with van der Waals surface area (Å²) in [5.41, 5.74) is -1.54. The first-order valence-corrected chi connectivity index (χ1v) is 8.00. The molecule has 1 aromatic heterocycles. The van der Waals surface area contributed by atoms with Crippen LogP contribution in [0.5, 0.6) is 0 Å². The van der Waals surface area contributed by atoms with Gasteiger partial charge in [0, 0.05) is 25.6 Å². The number of H-pyrrole nitrogens is 1. The van der Waals surface area contributed by atoms with Gasteiger partial charge in [0.2, 0.25) is 0 Å². The number of rotatable bonds is 6. The summed E-state index contributed by atoms with van der Waals surface area (Å²) >= 11 is 0. The van der Waals surface area contributed by atoms with E-state index < -0.39 is 60.6 Å². The number of carbonyl (C=O) groups excluding carboxylic acids is 2. The molecule has 1 saturated heterocycles. The van der Waals surface area contributed by atoms with Crippen molar-refractivity contribution in [3.8, 4) is 0 Å². The van der Waals surface area contributed by atoms with Gasteiger partial charge in [-0.1, -0.05) is 0 Å². The van der Waals surface area contributed by atoms with Gasteiger partial charge in [-0.2, -0.15) is 9.78 Å². The van der Waals surface area contributed by atoms with Crippen LogP contribution >= 0.6 is 0 Å². The molecule has 1 aliphatic heterocycles. The van der Waals surface area contributed by atoms with E-state index in [1.54, 1.807) is 0 Å². The minimum Gasteiger partial charge on any atom is -0.349 e. The van der Waals surface area contributed by atoms with Crippen LogP contribution < -0.4 is 11.2 Å². The molecule has 2 heterocycles. The second kappa shape index (κ2) is 8.58. The lowest BCUT2D eigenvalue weighted by Crippen LogP contribution is -2.55. The van der Waals surface area contributed by atoms with E-state index in [4.69, 9.17) is 4.74 Å². The topological polar surface area (TPSA) is 135 Å². The third kappa shape index (κ3) is 5.21. The molecule has 0 aromatic carbocycles. The standard InChI is InChI=1S/C15H18F2N2O9/c1-7-5-19(14(23)18-13(7)22)11-4-15(16,17)12(28-27-9(3)21)10(25-11)6-24-26-8(2)20/h5,10-12H,4,6H2,1-3H3,(H,18,22,23)/t10-,11-,12-/m1/s1. The number of hydrogen-bond acceptors (Lipinski definition) is 9. The van der Waals surface area contributed by atoms with Crippen LogP contribution in [0.15, 0.2) is 15.8 Å². The Hall–Kier alpha value is -2.64. The Balaban J connectivity index is 2.31. The maximum atomic E-state index is 14.7. The van der Waals surface area contributed by atoms with Crippen LogP contribution in [0.1, 0.15) is 32.1 Å². The Bertz CT molecular complexity index is 851. The number of halogens is 2. The molecule has 0 aliphatic carbocycles. The zero-order chi connectivity index (χ0) is 21.1. The molecule has 1 N–H and O–H groups in total. The second-order valence-corrected chi connectivity index (χ2v) is 6.02. The maximum Gasteiger partial charge on any atom is 0.339 e. The lowest BCUT2D eigenvalue weighted by atomic mass is 9.99. The van der Waals surface area contributed by atoms with Crippen molar-refractivity contribution in [2.75, 3.05) is 6.61 Å². The van der Waals surface area contributed by atoms with Gasteiger partial charge in [-0.3, -0.25) is 24.1 Å². The number of nitrogens with zero attached hydrogens (tertiary/aromatic N) is 1. The molecule has 0 amide bonds. The van der Waals surface area contributed by atoms with Crippen molar-refractivity contribution < 1.29 is 42.7 Å². The molecule has 1 aromatic rings. The predicted octanol–water partition coefficient (Wildman–Crippen LogP) is 0.126. The highest BCUT2D eigenvalue weighted by atomic mass is 19.3.